The van der Waals surface area contributed by atoms with E-state index >= 15 is 0 Å². The molecule has 6 nitrogen and oxygen atoms in total. The van der Waals surface area contributed by atoms with Gasteiger partial charge in [-0.2, -0.15) is 0 Å². The lowest BCUT2D eigenvalue weighted by Gasteiger charge is -2.08. The van der Waals surface area contributed by atoms with Crippen LogP contribution in [0.2, 0.25) is 0 Å². The Balaban J connectivity index is 1.89. The molecule has 7 heteroatoms. The summed E-state index contributed by atoms with van der Waals surface area (Å²) >= 11 is 0. The van der Waals surface area contributed by atoms with Gasteiger partial charge in [0, 0.05) is 26.1 Å². The molecule has 0 radical (unpaired) electrons. The summed E-state index contributed by atoms with van der Waals surface area (Å²) in [4.78, 5) is 11.7. The highest BCUT2D eigenvalue weighted by Crippen LogP contribution is 2.28. The number of sulfonamides is 1. The Morgan fingerprint density at radius 1 is 1.29 bits per heavy atom. The molecule has 1 aliphatic carbocycles. The normalized spacial score (nSPS) is 14.9. The summed E-state index contributed by atoms with van der Waals surface area (Å²) in [5.74, 6) is 0.252. The number of carbonyl (C=O) groups is 1. The highest BCUT2D eigenvalue weighted by atomic mass is 32.2. The van der Waals surface area contributed by atoms with Gasteiger partial charge in [0.05, 0.1) is 11.5 Å². The van der Waals surface area contributed by atoms with E-state index in [9.17, 15) is 13.2 Å². The summed E-state index contributed by atoms with van der Waals surface area (Å²) in [5.41, 5.74) is 0.875. The highest BCUT2D eigenvalue weighted by Gasteiger charge is 2.29. The lowest BCUT2D eigenvalue weighted by molar-refractivity contribution is -0.122. The first-order valence-corrected chi connectivity index (χ1v) is 8.36. The van der Waals surface area contributed by atoms with E-state index in [-0.39, 0.29) is 23.3 Å². The number of hydrogen-bond acceptors (Lipinski definition) is 4. The number of methoxy groups -OCH3 is 1. The second kappa shape index (κ2) is 7.02. The molecule has 0 aromatic heterocycles. The minimum atomic E-state index is -3.50. The molecule has 1 saturated carbocycles. The van der Waals surface area contributed by atoms with E-state index in [1.165, 1.54) is 19.2 Å². The van der Waals surface area contributed by atoms with Crippen molar-refractivity contribution >= 4 is 15.9 Å². The topological polar surface area (TPSA) is 84.5 Å². The summed E-state index contributed by atoms with van der Waals surface area (Å²) in [5, 5.41) is 2.84. The van der Waals surface area contributed by atoms with Crippen molar-refractivity contribution in [3.05, 3.63) is 29.8 Å². The Bertz CT molecular complexity index is 579. The van der Waals surface area contributed by atoms with Crippen LogP contribution in [0.5, 0.6) is 0 Å². The van der Waals surface area contributed by atoms with Gasteiger partial charge in [0.2, 0.25) is 15.9 Å². The maximum absolute atomic E-state index is 11.9. The van der Waals surface area contributed by atoms with Crippen molar-refractivity contribution in [2.75, 3.05) is 20.3 Å². The molecule has 21 heavy (non-hydrogen) atoms. The van der Waals surface area contributed by atoms with Gasteiger partial charge >= 0.3 is 0 Å². The fourth-order valence-corrected chi connectivity index (χ4v) is 2.84. The van der Waals surface area contributed by atoms with Crippen LogP contribution in [-0.4, -0.2) is 34.6 Å². The van der Waals surface area contributed by atoms with Crippen molar-refractivity contribution in [3.8, 4) is 0 Å². The zero-order valence-electron chi connectivity index (χ0n) is 12.0. The molecule has 0 saturated heterocycles. The van der Waals surface area contributed by atoms with Crippen LogP contribution >= 0.6 is 0 Å². The van der Waals surface area contributed by atoms with Crippen LogP contribution in [0.3, 0.4) is 0 Å². The first kappa shape index (κ1) is 15.9. The van der Waals surface area contributed by atoms with Crippen LogP contribution in [0.4, 0.5) is 0 Å². The Hall–Kier alpha value is -1.44. The molecule has 1 fully saturated rings. The van der Waals surface area contributed by atoms with Crippen molar-refractivity contribution in [2.24, 2.45) is 5.92 Å². The van der Waals surface area contributed by atoms with Crippen molar-refractivity contribution < 1.29 is 17.9 Å². The van der Waals surface area contributed by atoms with E-state index < -0.39 is 10.0 Å². The largest absolute Gasteiger partial charge is 0.383 e. The number of amides is 1. The monoisotopic (exact) mass is 312 g/mol. The standard InChI is InChI=1S/C14H20N2O4S/c1-20-9-8-16-21(18,19)13-6-2-11(3-7-13)10-15-14(17)12-4-5-12/h2-3,6-7,12,16H,4-5,8-10H2,1H3,(H,15,17). The summed E-state index contributed by atoms with van der Waals surface area (Å²) in [6, 6.07) is 6.48. The van der Waals surface area contributed by atoms with Crippen LogP contribution in [0, 0.1) is 5.92 Å². The molecular weight excluding hydrogens is 292 g/mol. The Morgan fingerprint density at radius 2 is 1.95 bits per heavy atom. The van der Waals surface area contributed by atoms with E-state index in [0.29, 0.717) is 13.2 Å². The first-order chi connectivity index (χ1) is 10.0. The lowest BCUT2D eigenvalue weighted by atomic mass is 10.2. The molecule has 2 N–H and O–H groups in total. The van der Waals surface area contributed by atoms with Gasteiger partial charge in [0.1, 0.15) is 0 Å². The minimum Gasteiger partial charge on any atom is -0.383 e. The SMILES string of the molecule is COCCNS(=O)(=O)c1ccc(CNC(=O)C2CC2)cc1. The molecule has 1 aromatic carbocycles. The molecule has 0 unspecified atom stereocenters. The van der Waals surface area contributed by atoms with Gasteiger partial charge in [-0.15, -0.1) is 0 Å². The first-order valence-electron chi connectivity index (χ1n) is 6.88. The summed E-state index contributed by atoms with van der Waals surface area (Å²) in [6.07, 6.45) is 1.94. The average molecular weight is 312 g/mol. The third kappa shape index (κ3) is 4.80. The Labute approximate surface area is 124 Å². The number of benzene rings is 1. The fourth-order valence-electron chi connectivity index (χ4n) is 1.83. The maximum atomic E-state index is 11.9. The predicted octanol–water partition coefficient (Wildman–Crippen LogP) is 0.637. The zero-order valence-corrected chi connectivity index (χ0v) is 12.8. The molecule has 1 aromatic rings. The summed E-state index contributed by atoms with van der Waals surface area (Å²) < 4.78 is 31.1. The van der Waals surface area contributed by atoms with Crippen LogP contribution in [0.15, 0.2) is 29.2 Å². The predicted molar refractivity (Wildman–Crippen MR) is 78.1 cm³/mol. The van der Waals surface area contributed by atoms with E-state index in [1.807, 2.05) is 0 Å². The number of ether oxygens (including phenoxy) is 1. The molecular formula is C14H20N2O4S. The van der Waals surface area contributed by atoms with Gasteiger partial charge in [-0.05, 0) is 30.5 Å². The molecule has 1 aliphatic rings. The van der Waals surface area contributed by atoms with Gasteiger partial charge in [0.25, 0.3) is 0 Å². The number of hydrogen-bond donors (Lipinski definition) is 2. The van der Waals surface area contributed by atoms with Gasteiger partial charge in [0.15, 0.2) is 0 Å². The second-order valence-corrected chi connectivity index (χ2v) is 6.79. The molecule has 0 spiro atoms. The van der Waals surface area contributed by atoms with Gasteiger partial charge in [-0.25, -0.2) is 13.1 Å². The van der Waals surface area contributed by atoms with E-state index in [0.717, 1.165) is 18.4 Å². The maximum Gasteiger partial charge on any atom is 0.240 e. The van der Waals surface area contributed by atoms with Crippen molar-refractivity contribution in [1.29, 1.82) is 0 Å². The zero-order chi connectivity index (χ0) is 15.3. The van der Waals surface area contributed by atoms with Crippen molar-refractivity contribution in [1.82, 2.24) is 10.0 Å². The van der Waals surface area contributed by atoms with Crippen molar-refractivity contribution in [2.45, 2.75) is 24.3 Å². The average Bonchev–Trinajstić information content (AvgIpc) is 3.30. The quantitative estimate of drug-likeness (QED) is 0.690. The Kier molecular flexibility index (Phi) is 5.33. The van der Waals surface area contributed by atoms with E-state index in [4.69, 9.17) is 4.74 Å². The molecule has 0 aliphatic heterocycles. The smallest absolute Gasteiger partial charge is 0.240 e. The molecule has 0 bridgehead atoms. The van der Waals surface area contributed by atoms with Crippen LogP contribution in [0.1, 0.15) is 18.4 Å². The van der Waals surface area contributed by atoms with Gasteiger partial charge in [-0.1, -0.05) is 12.1 Å². The molecule has 2 rings (SSSR count). The minimum absolute atomic E-state index is 0.0768. The van der Waals surface area contributed by atoms with E-state index in [2.05, 4.69) is 10.0 Å². The number of nitrogens with one attached hydrogen (secondary N) is 2. The third-order valence-corrected chi connectivity index (χ3v) is 4.72. The Morgan fingerprint density at radius 3 is 2.52 bits per heavy atom. The number of carbonyl (C=O) groups excluding carboxylic acids is 1. The number of rotatable bonds is 8. The van der Waals surface area contributed by atoms with Crippen LogP contribution < -0.4 is 10.0 Å². The van der Waals surface area contributed by atoms with Crippen LogP contribution in [-0.2, 0) is 26.1 Å². The van der Waals surface area contributed by atoms with Crippen LogP contribution in [0.25, 0.3) is 0 Å². The van der Waals surface area contributed by atoms with Gasteiger partial charge in [-0.3, -0.25) is 4.79 Å². The molecule has 0 atom stereocenters. The molecule has 0 heterocycles. The second-order valence-electron chi connectivity index (χ2n) is 5.03. The molecule has 116 valence electrons. The summed E-state index contributed by atoms with van der Waals surface area (Å²) in [7, 11) is -1.99. The lowest BCUT2D eigenvalue weighted by Crippen LogP contribution is -2.27. The van der Waals surface area contributed by atoms with E-state index in [1.54, 1.807) is 12.1 Å². The van der Waals surface area contributed by atoms with Crippen molar-refractivity contribution in [3.63, 3.8) is 0 Å². The molecule has 1 amide bonds. The fraction of sp³-hybridized carbons (Fsp3) is 0.500. The van der Waals surface area contributed by atoms with Gasteiger partial charge < -0.3 is 10.1 Å². The highest BCUT2D eigenvalue weighted by molar-refractivity contribution is 7.89. The third-order valence-electron chi connectivity index (χ3n) is 3.25. The summed E-state index contributed by atoms with van der Waals surface area (Å²) in [6.45, 7) is 0.981.